The van der Waals surface area contributed by atoms with E-state index in [-0.39, 0.29) is 5.91 Å². The first-order chi connectivity index (χ1) is 8.27. The Hall–Kier alpha value is -1.81. The van der Waals surface area contributed by atoms with Crippen LogP contribution in [0, 0.1) is 0 Å². The van der Waals surface area contributed by atoms with Crippen molar-refractivity contribution in [1.29, 1.82) is 0 Å². The molecule has 2 N–H and O–H groups in total. The molecule has 2 heterocycles. The van der Waals surface area contributed by atoms with Gasteiger partial charge in [-0.2, -0.15) is 0 Å². The summed E-state index contributed by atoms with van der Waals surface area (Å²) in [5, 5.41) is 1.05. The number of primary amides is 1. The van der Waals surface area contributed by atoms with Gasteiger partial charge in [0.2, 0.25) is 0 Å². The molecule has 0 aliphatic carbocycles. The van der Waals surface area contributed by atoms with E-state index in [1.165, 1.54) is 0 Å². The largest absolute Gasteiger partial charge is 0.379 e. The standard InChI is InChI=1S/C13H14N2O2/c14-13(16)11-3-1-2-9-4-6-15(12(9)11)10-5-7-17-8-10/h1-4,6,10H,5,7-8H2,(H2,14,16). The Kier molecular flexibility index (Phi) is 2.37. The van der Waals surface area contributed by atoms with Crippen LogP contribution in [0.25, 0.3) is 10.9 Å². The molecule has 4 heteroatoms. The van der Waals surface area contributed by atoms with Crippen LogP contribution in [-0.2, 0) is 4.74 Å². The molecule has 4 nitrogen and oxygen atoms in total. The summed E-state index contributed by atoms with van der Waals surface area (Å²) in [6.45, 7) is 1.49. The maximum atomic E-state index is 11.5. The maximum Gasteiger partial charge on any atom is 0.250 e. The highest BCUT2D eigenvalue weighted by Crippen LogP contribution is 2.27. The number of nitrogens with zero attached hydrogens (tertiary/aromatic N) is 1. The smallest absolute Gasteiger partial charge is 0.250 e. The van der Waals surface area contributed by atoms with Crippen molar-refractivity contribution in [2.75, 3.05) is 13.2 Å². The molecule has 0 bridgehead atoms. The summed E-state index contributed by atoms with van der Waals surface area (Å²) in [7, 11) is 0. The lowest BCUT2D eigenvalue weighted by Gasteiger charge is -2.13. The van der Waals surface area contributed by atoms with Crippen LogP contribution in [-0.4, -0.2) is 23.7 Å². The third-order valence-corrected chi connectivity index (χ3v) is 3.30. The average Bonchev–Trinajstić information content (AvgIpc) is 2.96. The van der Waals surface area contributed by atoms with Crippen molar-refractivity contribution in [2.24, 2.45) is 5.73 Å². The van der Waals surface area contributed by atoms with Crippen molar-refractivity contribution in [3.63, 3.8) is 0 Å². The predicted molar refractivity (Wildman–Crippen MR) is 64.9 cm³/mol. The molecule has 1 aliphatic heterocycles. The molecule has 17 heavy (non-hydrogen) atoms. The molecule has 0 saturated carbocycles. The van der Waals surface area contributed by atoms with Crippen LogP contribution in [0.4, 0.5) is 0 Å². The van der Waals surface area contributed by atoms with Gasteiger partial charge in [0.05, 0.1) is 23.7 Å². The number of carbonyl (C=O) groups is 1. The van der Waals surface area contributed by atoms with Crippen molar-refractivity contribution in [3.05, 3.63) is 36.0 Å². The zero-order valence-electron chi connectivity index (χ0n) is 9.43. The molecule has 1 aromatic heterocycles. The van der Waals surface area contributed by atoms with Gasteiger partial charge in [0.1, 0.15) is 0 Å². The molecule has 1 amide bonds. The van der Waals surface area contributed by atoms with E-state index in [1.807, 2.05) is 24.4 Å². The second kappa shape index (κ2) is 3.89. The van der Waals surface area contributed by atoms with Crippen molar-refractivity contribution in [3.8, 4) is 0 Å². The Labute approximate surface area is 99.0 Å². The van der Waals surface area contributed by atoms with Gasteiger partial charge in [-0.3, -0.25) is 4.79 Å². The maximum absolute atomic E-state index is 11.5. The van der Waals surface area contributed by atoms with Crippen molar-refractivity contribution < 1.29 is 9.53 Å². The summed E-state index contributed by atoms with van der Waals surface area (Å²) >= 11 is 0. The molecule has 1 aliphatic rings. The van der Waals surface area contributed by atoms with Gasteiger partial charge in [0, 0.05) is 18.2 Å². The number of ether oxygens (including phenoxy) is 1. The number of nitrogens with two attached hydrogens (primary N) is 1. The predicted octanol–water partition coefficient (Wildman–Crippen LogP) is 1.70. The van der Waals surface area contributed by atoms with Gasteiger partial charge in [-0.1, -0.05) is 12.1 Å². The number of fused-ring (bicyclic) bond motifs is 1. The van der Waals surface area contributed by atoms with Crippen LogP contribution < -0.4 is 5.73 Å². The number of hydrogen-bond acceptors (Lipinski definition) is 2. The van der Waals surface area contributed by atoms with Crippen molar-refractivity contribution >= 4 is 16.8 Å². The zero-order valence-corrected chi connectivity index (χ0v) is 9.43. The van der Waals surface area contributed by atoms with Crippen LogP contribution in [0.3, 0.4) is 0 Å². The molecule has 1 unspecified atom stereocenters. The van der Waals surface area contributed by atoms with E-state index in [2.05, 4.69) is 4.57 Å². The fourth-order valence-corrected chi connectivity index (χ4v) is 2.46. The summed E-state index contributed by atoms with van der Waals surface area (Å²) in [6, 6.07) is 7.95. The average molecular weight is 230 g/mol. The van der Waals surface area contributed by atoms with Crippen LogP contribution in [0.15, 0.2) is 30.5 Å². The molecule has 0 spiro atoms. The number of rotatable bonds is 2. The SMILES string of the molecule is NC(=O)c1cccc2ccn(C3CCOC3)c12. The molecule has 2 aromatic rings. The number of para-hydroxylation sites is 1. The summed E-state index contributed by atoms with van der Waals surface area (Å²) in [5.41, 5.74) is 6.93. The van der Waals surface area contributed by atoms with Gasteiger partial charge >= 0.3 is 0 Å². The van der Waals surface area contributed by atoms with Crippen molar-refractivity contribution in [2.45, 2.75) is 12.5 Å². The minimum atomic E-state index is -0.380. The lowest BCUT2D eigenvalue weighted by molar-refractivity contribution is 0.100. The first-order valence-electron chi connectivity index (χ1n) is 5.74. The van der Waals surface area contributed by atoms with Gasteiger partial charge in [-0.25, -0.2) is 0 Å². The molecule has 1 fully saturated rings. The normalized spacial score (nSPS) is 19.9. The molecule has 1 aromatic carbocycles. The van der Waals surface area contributed by atoms with Gasteiger partial charge < -0.3 is 15.0 Å². The van der Waals surface area contributed by atoms with Crippen LogP contribution in [0.1, 0.15) is 22.8 Å². The van der Waals surface area contributed by atoms with Crippen LogP contribution in [0.2, 0.25) is 0 Å². The van der Waals surface area contributed by atoms with Crippen LogP contribution >= 0.6 is 0 Å². The zero-order chi connectivity index (χ0) is 11.8. The molecule has 0 radical (unpaired) electrons. The Morgan fingerprint density at radius 1 is 1.41 bits per heavy atom. The number of amides is 1. The van der Waals surface area contributed by atoms with E-state index in [4.69, 9.17) is 10.5 Å². The third-order valence-electron chi connectivity index (χ3n) is 3.30. The van der Waals surface area contributed by atoms with E-state index in [0.29, 0.717) is 18.2 Å². The van der Waals surface area contributed by atoms with E-state index < -0.39 is 0 Å². The van der Waals surface area contributed by atoms with Gasteiger partial charge in [-0.15, -0.1) is 0 Å². The summed E-state index contributed by atoms with van der Waals surface area (Å²) < 4.78 is 7.51. The number of hydrogen-bond donors (Lipinski definition) is 1. The molecule has 1 atom stereocenters. The second-order valence-electron chi connectivity index (χ2n) is 4.35. The summed E-state index contributed by atoms with van der Waals surface area (Å²) in [5.74, 6) is -0.380. The molecule has 3 rings (SSSR count). The van der Waals surface area contributed by atoms with E-state index in [1.54, 1.807) is 6.07 Å². The first kappa shape index (κ1) is 10.4. The fraction of sp³-hybridized carbons (Fsp3) is 0.308. The topological polar surface area (TPSA) is 57.2 Å². The first-order valence-corrected chi connectivity index (χ1v) is 5.74. The van der Waals surface area contributed by atoms with E-state index in [9.17, 15) is 4.79 Å². The quantitative estimate of drug-likeness (QED) is 0.853. The van der Waals surface area contributed by atoms with Gasteiger partial charge in [0.25, 0.3) is 5.91 Å². The highest BCUT2D eigenvalue weighted by atomic mass is 16.5. The Morgan fingerprint density at radius 3 is 3.00 bits per heavy atom. The van der Waals surface area contributed by atoms with E-state index in [0.717, 1.165) is 23.9 Å². The monoisotopic (exact) mass is 230 g/mol. The van der Waals surface area contributed by atoms with E-state index >= 15 is 0 Å². The highest BCUT2D eigenvalue weighted by molar-refractivity contribution is 6.05. The number of benzene rings is 1. The third kappa shape index (κ3) is 1.61. The number of aromatic nitrogens is 1. The molecule has 88 valence electrons. The minimum absolute atomic E-state index is 0.313. The van der Waals surface area contributed by atoms with Gasteiger partial charge in [0.15, 0.2) is 0 Å². The second-order valence-corrected chi connectivity index (χ2v) is 4.35. The Balaban J connectivity index is 2.21. The van der Waals surface area contributed by atoms with Gasteiger partial charge in [-0.05, 0) is 18.6 Å². The molecular formula is C13H14N2O2. The van der Waals surface area contributed by atoms with Crippen LogP contribution in [0.5, 0.6) is 0 Å². The Bertz CT molecular complexity index is 568. The summed E-state index contributed by atoms with van der Waals surface area (Å²) in [4.78, 5) is 11.5. The highest BCUT2D eigenvalue weighted by Gasteiger charge is 2.20. The lowest BCUT2D eigenvalue weighted by Crippen LogP contribution is -2.15. The Morgan fingerprint density at radius 2 is 2.29 bits per heavy atom. The lowest BCUT2D eigenvalue weighted by atomic mass is 10.1. The summed E-state index contributed by atoms with van der Waals surface area (Å²) in [6.07, 6.45) is 2.99. The fourth-order valence-electron chi connectivity index (χ4n) is 2.46. The molecule has 1 saturated heterocycles. The molecular weight excluding hydrogens is 216 g/mol. The van der Waals surface area contributed by atoms with Crippen molar-refractivity contribution in [1.82, 2.24) is 4.57 Å². The number of carbonyl (C=O) groups excluding carboxylic acids is 1. The minimum Gasteiger partial charge on any atom is -0.379 e.